The molecule has 8 aromatic heterocycles. The van der Waals surface area contributed by atoms with Crippen LogP contribution in [0.15, 0.2) is 292 Å². The molecule has 0 amide bonds. The van der Waals surface area contributed by atoms with E-state index in [0.717, 1.165) is 102 Å². The summed E-state index contributed by atoms with van der Waals surface area (Å²) in [4.78, 5) is 62.1. The van der Waals surface area contributed by atoms with Crippen LogP contribution in [0.4, 0.5) is 69.2 Å². The van der Waals surface area contributed by atoms with E-state index in [2.05, 4.69) is 128 Å². The van der Waals surface area contributed by atoms with Crippen LogP contribution in [0.1, 0.15) is 11.1 Å². The van der Waals surface area contributed by atoms with Gasteiger partial charge >= 0.3 is 80.4 Å². The summed E-state index contributed by atoms with van der Waals surface area (Å²) in [7, 11) is 3.68. The van der Waals surface area contributed by atoms with E-state index >= 15 is 0 Å². The first-order valence-electron chi connectivity index (χ1n) is 39.3. The molecule has 0 radical (unpaired) electrons. The number of anilines is 1. The Balaban J connectivity index is 0.000000175. The Hall–Kier alpha value is -15.8. The Bertz CT molecular complexity index is 7240. The molecule has 0 aliphatic rings. The second-order valence-corrected chi connectivity index (χ2v) is 27.8. The first kappa shape index (κ1) is 105. The Morgan fingerprint density at radius 3 is 0.898 bits per heavy atom. The summed E-state index contributed by atoms with van der Waals surface area (Å²) in [6.45, 7) is 24.0. The normalized spacial score (nSPS) is 10.1. The van der Waals surface area contributed by atoms with Gasteiger partial charge in [0, 0.05) is 103 Å². The second kappa shape index (κ2) is 50.4. The molecular formula is C103H60F8Ir4N18O4. The maximum absolute atomic E-state index is 14.0. The van der Waals surface area contributed by atoms with Gasteiger partial charge < -0.3 is 63.0 Å². The molecule has 0 atom stereocenters. The number of fused-ring (bicyclic) bond motifs is 4. The Labute approximate surface area is 833 Å². The molecular weight excluding hydrogens is 2470 g/mol. The van der Waals surface area contributed by atoms with Crippen LogP contribution in [0.25, 0.3) is 126 Å². The number of hydrogen-bond acceptors (Lipinski definition) is 13. The molecule has 0 bridgehead atoms. The van der Waals surface area contributed by atoms with Crippen molar-refractivity contribution in [2.75, 3.05) is 19.0 Å². The molecule has 0 saturated carbocycles. The summed E-state index contributed by atoms with van der Waals surface area (Å²) in [5.74, 6) is -8.87. The Morgan fingerprint density at radius 1 is 0.336 bits per heavy atom. The number of nitro benzene ring substituents is 2. The van der Waals surface area contributed by atoms with Crippen molar-refractivity contribution in [1.29, 1.82) is 0 Å². The van der Waals surface area contributed by atoms with Crippen LogP contribution in [-0.4, -0.2) is 82.1 Å². The molecule has 22 nitrogen and oxygen atoms in total. The number of aryl methyl sites for hydroxylation is 2. The fourth-order valence-corrected chi connectivity index (χ4v) is 12.5. The molecule has 0 N–H and O–H groups in total. The number of imidazole rings is 4. The topological polar surface area (TPSA) is 225 Å². The number of aromatic nitrogens is 12. The van der Waals surface area contributed by atoms with Crippen molar-refractivity contribution in [3.63, 3.8) is 0 Å². The third-order valence-electron chi connectivity index (χ3n) is 18.9. The third-order valence-corrected chi connectivity index (χ3v) is 18.9. The second-order valence-electron chi connectivity index (χ2n) is 27.8. The number of halogens is 8. The van der Waals surface area contributed by atoms with Crippen LogP contribution in [0.5, 0.6) is 0 Å². The molecule has 8 heterocycles. The summed E-state index contributed by atoms with van der Waals surface area (Å²) in [6, 6.07) is 101. The molecule has 0 aliphatic carbocycles. The van der Waals surface area contributed by atoms with Gasteiger partial charge in [-0.1, -0.05) is 166 Å². The maximum atomic E-state index is 14.0. The third kappa shape index (κ3) is 26.0. The van der Waals surface area contributed by atoms with Gasteiger partial charge in [-0.15, -0.1) is 59.7 Å². The zero-order chi connectivity index (χ0) is 94.0. The largest absolute Gasteiger partial charge is 3.00 e. The fraction of sp³-hybridized carbons (Fsp3) is 0.0388. The molecule has 34 heteroatoms. The van der Waals surface area contributed by atoms with Gasteiger partial charge in [0.15, 0.2) is 17.1 Å². The molecule has 137 heavy (non-hydrogen) atoms. The smallest absolute Gasteiger partial charge is 0.448 e. The summed E-state index contributed by atoms with van der Waals surface area (Å²) >= 11 is 0. The van der Waals surface area contributed by atoms with Gasteiger partial charge in [0.1, 0.15) is 23.3 Å². The number of hydrogen-bond donors (Lipinski definition) is 0. The van der Waals surface area contributed by atoms with E-state index < -0.39 is 79.1 Å². The monoisotopic (exact) mass is 2540 g/mol. The zero-order valence-corrected chi connectivity index (χ0v) is 80.8. The maximum Gasteiger partial charge on any atom is 3.00 e. The SMILES string of the molecule is Cc1ccnc(-c2[c-]cc(F)c([N+](=O)[O-])c2F)c1.[C-]#[N+]c1c(F)c[c-]c(-c2cc(C)ccn2)c1F.[C-]#[N+]c1c(F)c[c-]c(-c2cc(N(C)C)ccn2)c1F.[C-]#[N+]c1ccnc(-c2[c-]cc(F)c([N+](=O)[O-])c2F)c1.[Ir+3].[Ir+3].[Ir+3].[Ir+3].[c-]1ccccc1-n1[c-]nc2ccccc21.[c-]1ccccc1-n1[c-]nc2ccccc21.[c-]1ccccc1-n1[c-]nc2ccccc21.[c-]1ccccc1-n1[c-]nc2ccccc21. The first-order chi connectivity index (χ1) is 64.5. The molecule has 0 unspecified atom stereocenters. The van der Waals surface area contributed by atoms with Crippen LogP contribution >= 0.6 is 0 Å². The first-order valence-corrected chi connectivity index (χ1v) is 39.3. The predicted molar refractivity (Wildman–Crippen MR) is 485 cm³/mol. The Kier molecular flexibility index (Phi) is 38.6. The number of nitrogens with zero attached hydrogens (tertiary/aromatic N) is 18. The van der Waals surface area contributed by atoms with E-state index in [0.29, 0.717) is 17.5 Å². The average molecular weight is 2530 g/mol. The molecule has 678 valence electrons. The van der Waals surface area contributed by atoms with E-state index in [1.165, 1.54) is 43.0 Å². The van der Waals surface area contributed by atoms with Crippen molar-refractivity contribution in [3.05, 3.63) is 478 Å². The van der Waals surface area contributed by atoms with Gasteiger partial charge in [-0.25, -0.2) is 29.1 Å². The van der Waals surface area contributed by atoms with Crippen LogP contribution in [0.2, 0.25) is 0 Å². The molecule has 12 aromatic carbocycles. The Morgan fingerprint density at radius 2 is 0.613 bits per heavy atom. The van der Waals surface area contributed by atoms with E-state index in [1.54, 1.807) is 37.3 Å². The summed E-state index contributed by atoms with van der Waals surface area (Å²) in [5, 5.41) is 21.2. The van der Waals surface area contributed by atoms with Crippen molar-refractivity contribution < 1.29 is 125 Å². The van der Waals surface area contributed by atoms with Crippen molar-refractivity contribution in [1.82, 2.24) is 58.1 Å². The summed E-state index contributed by atoms with van der Waals surface area (Å²) in [5.41, 5.74) is 11.2. The number of rotatable bonds is 11. The van der Waals surface area contributed by atoms with Crippen molar-refractivity contribution in [3.8, 4) is 67.8 Å². The van der Waals surface area contributed by atoms with Gasteiger partial charge in [0.25, 0.3) is 11.4 Å². The minimum Gasteiger partial charge on any atom is -0.448 e. The van der Waals surface area contributed by atoms with E-state index in [-0.39, 0.29) is 120 Å². The van der Waals surface area contributed by atoms with Gasteiger partial charge in [-0.2, -0.15) is 120 Å². The number of pyridine rings is 4. The summed E-state index contributed by atoms with van der Waals surface area (Å²) in [6.07, 6.45) is 17.6. The molecule has 0 saturated heterocycles. The number of para-hydroxylation sites is 12. The molecule has 20 rings (SSSR count). The van der Waals surface area contributed by atoms with Gasteiger partial charge in [0.05, 0.1) is 19.7 Å². The van der Waals surface area contributed by atoms with Crippen LogP contribution in [0, 0.1) is 174 Å². The molecule has 0 fully saturated rings. The standard InChI is InChI=1S/C14H10F2N3.C13H7F2N2.4C13H8N2.C12H4F2N3O2.C12H7F2N2O2.4Ir/c1-17-14-11(15)5-4-10(13(14)16)12-8-9(19(2)3)6-7-18-12;1-8-5-6-17-11(7-8)9-3-4-10(14)13(16-2)12(9)15;4*1-2-6-11(7-3-1)15-10-14-12-8-4-5-9-13(12)15;1-15-7-4-5-16-10(6-7)8-2-3-9(13)12(11(8)14)17(18)19;1-7-4-5-15-10(6-7)8-2-3-9(13)12(11(8)14)16(17)18;;;;/h5-8H,2-3H3;4-7H,1H3;4*1-6,8-9H;3-6H;3-6H,1H3;;;;/q2*-1;4*-2;2*-1;4*+3. The van der Waals surface area contributed by atoms with Gasteiger partial charge in [-0.3, -0.25) is 65.0 Å². The molecule has 20 aromatic rings. The average Bonchev–Trinajstić information content (AvgIpc) is 1.74. The van der Waals surface area contributed by atoms with Crippen molar-refractivity contribution in [2.24, 2.45) is 0 Å². The minimum atomic E-state index is -1.36. The van der Waals surface area contributed by atoms with Crippen LogP contribution < -0.4 is 4.90 Å². The fourth-order valence-electron chi connectivity index (χ4n) is 12.5. The number of benzene rings is 12. The van der Waals surface area contributed by atoms with Crippen molar-refractivity contribution in [2.45, 2.75) is 13.8 Å². The van der Waals surface area contributed by atoms with Crippen LogP contribution in [0.3, 0.4) is 0 Å². The molecule has 0 spiro atoms. The number of nitro groups is 2. The quantitative estimate of drug-likeness (QED) is 0.0509. The van der Waals surface area contributed by atoms with Crippen LogP contribution in [-0.2, 0) is 80.4 Å². The van der Waals surface area contributed by atoms with Gasteiger partial charge in [0.2, 0.25) is 0 Å². The molecule has 0 aliphatic heterocycles. The van der Waals surface area contributed by atoms with E-state index in [1.807, 2.05) is 238 Å². The van der Waals surface area contributed by atoms with E-state index in [9.17, 15) is 55.4 Å². The van der Waals surface area contributed by atoms with E-state index in [4.69, 9.17) is 19.7 Å². The minimum absolute atomic E-state index is 0. The zero-order valence-electron chi connectivity index (χ0n) is 71.3. The van der Waals surface area contributed by atoms with Crippen molar-refractivity contribution >= 4 is 78.3 Å². The van der Waals surface area contributed by atoms with Gasteiger partial charge in [-0.05, 0) is 83.0 Å². The predicted octanol–water partition coefficient (Wildman–Crippen LogP) is 24.0. The summed E-state index contributed by atoms with van der Waals surface area (Å²) < 4.78 is 116.